The van der Waals surface area contributed by atoms with Crippen LogP contribution in [0.25, 0.3) is 10.8 Å². The molecule has 18 heavy (non-hydrogen) atoms. The Kier molecular flexibility index (Phi) is 2.78. The molecule has 0 spiro atoms. The molecule has 2 aromatic heterocycles. The minimum atomic E-state index is 0.0265. The number of H-pyrrole nitrogens is 1. The van der Waals surface area contributed by atoms with E-state index in [1.165, 1.54) is 5.39 Å². The molecule has 2 heterocycles. The van der Waals surface area contributed by atoms with E-state index in [4.69, 9.17) is 0 Å². The van der Waals surface area contributed by atoms with Crippen LogP contribution < -0.4 is 5.32 Å². The fourth-order valence-electron chi connectivity index (χ4n) is 2.24. The van der Waals surface area contributed by atoms with Gasteiger partial charge in [-0.25, -0.2) is 4.98 Å². The normalized spacial score (nSPS) is 12.7. The molecular formula is C14H14N4. The van der Waals surface area contributed by atoms with Gasteiger partial charge in [-0.1, -0.05) is 24.3 Å². The number of aromatic amines is 1. The van der Waals surface area contributed by atoms with Crippen molar-refractivity contribution in [3.8, 4) is 0 Å². The topological polar surface area (TPSA) is 53.6 Å². The molecule has 3 rings (SSSR count). The minimum Gasteiger partial charge on any atom is -0.347 e. The van der Waals surface area contributed by atoms with Crippen LogP contribution in [0.2, 0.25) is 0 Å². The predicted molar refractivity (Wildman–Crippen MR) is 71.2 cm³/mol. The second-order valence-electron chi connectivity index (χ2n) is 4.15. The summed E-state index contributed by atoms with van der Waals surface area (Å²) in [6.45, 7) is 0. The largest absolute Gasteiger partial charge is 0.347 e. The third kappa shape index (κ3) is 1.76. The number of nitrogens with zero attached hydrogens (tertiary/aromatic N) is 2. The second-order valence-corrected chi connectivity index (χ2v) is 4.15. The summed E-state index contributed by atoms with van der Waals surface area (Å²) >= 11 is 0. The summed E-state index contributed by atoms with van der Waals surface area (Å²) in [5.41, 5.74) is 1.13. The molecule has 4 heteroatoms. The van der Waals surface area contributed by atoms with E-state index in [1.54, 1.807) is 6.20 Å². The quantitative estimate of drug-likeness (QED) is 0.736. The number of benzene rings is 1. The van der Waals surface area contributed by atoms with E-state index in [2.05, 4.69) is 32.4 Å². The van der Waals surface area contributed by atoms with Gasteiger partial charge in [0, 0.05) is 35.7 Å². The highest BCUT2D eigenvalue weighted by Gasteiger charge is 2.16. The lowest BCUT2D eigenvalue weighted by atomic mass is 10.0. The highest BCUT2D eigenvalue weighted by Crippen LogP contribution is 2.25. The van der Waals surface area contributed by atoms with Crippen LogP contribution in [0.15, 0.2) is 49.1 Å². The van der Waals surface area contributed by atoms with Crippen LogP contribution in [0.3, 0.4) is 0 Å². The maximum atomic E-state index is 4.32. The monoisotopic (exact) mass is 238 g/mol. The number of rotatable bonds is 3. The van der Waals surface area contributed by atoms with Crippen LogP contribution in [0.5, 0.6) is 0 Å². The van der Waals surface area contributed by atoms with Crippen LogP contribution in [0.4, 0.5) is 0 Å². The Morgan fingerprint density at radius 2 is 2.11 bits per heavy atom. The highest BCUT2D eigenvalue weighted by atomic mass is 15.0. The molecule has 0 saturated heterocycles. The zero-order chi connectivity index (χ0) is 12.4. The highest BCUT2D eigenvalue weighted by molar-refractivity contribution is 5.85. The Morgan fingerprint density at radius 3 is 2.89 bits per heavy atom. The van der Waals surface area contributed by atoms with Gasteiger partial charge in [-0.3, -0.25) is 4.98 Å². The van der Waals surface area contributed by atoms with E-state index in [0.717, 1.165) is 16.8 Å². The summed E-state index contributed by atoms with van der Waals surface area (Å²) in [5, 5.41) is 5.62. The van der Waals surface area contributed by atoms with Gasteiger partial charge in [0.25, 0.3) is 0 Å². The molecule has 3 aromatic rings. The molecule has 1 aromatic carbocycles. The molecule has 4 nitrogen and oxygen atoms in total. The molecule has 0 amide bonds. The smallest absolute Gasteiger partial charge is 0.127 e. The van der Waals surface area contributed by atoms with Crippen molar-refractivity contribution in [2.24, 2.45) is 0 Å². The lowest BCUT2D eigenvalue weighted by Gasteiger charge is -2.16. The average Bonchev–Trinajstić information content (AvgIpc) is 2.94. The van der Waals surface area contributed by atoms with Crippen LogP contribution >= 0.6 is 0 Å². The predicted octanol–water partition coefficient (Wildman–Crippen LogP) is 2.27. The zero-order valence-electron chi connectivity index (χ0n) is 10.1. The zero-order valence-corrected chi connectivity index (χ0v) is 10.1. The van der Waals surface area contributed by atoms with E-state index < -0.39 is 0 Å². The fourth-order valence-corrected chi connectivity index (χ4v) is 2.24. The van der Waals surface area contributed by atoms with Gasteiger partial charge in [0.1, 0.15) is 5.82 Å². The van der Waals surface area contributed by atoms with Gasteiger partial charge in [-0.2, -0.15) is 0 Å². The summed E-state index contributed by atoms with van der Waals surface area (Å²) in [4.78, 5) is 11.8. The van der Waals surface area contributed by atoms with Gasteiger partial charge in [-0.15, -0.1) is 0 Å². The number of imidazole rings is 1. The van der Waals surface area contributed by atoms with Crippen LogP contribution in [-0.2, 0) is 0 Å². The number of hydrogen-bond donors (Lipinski definition) is 2. The van der Waals surface area contributed by atoms with E-state index >= 15 is 0 Å². The van der Waals surface area contributed by atoms with Crippen molar-refractivity contribution in [3.05, 3.63) is 60.4 Å². The summed E-state index contributed by atoms with van der Waals surface area (Å²) < 4.78 is 0. The number of aromatic nitrogens is 3. The van der Waals surface area contributed by atoms with Crippen molar-refractivity contribution < 1.29 is 0 Å². The molecule has 0 aliphatic heterocycles. The van der Waals surface area contributed by atoms with Gasteiger partial charge >= 0.3 is 0 Å². The van der Waals surface area contributed by atoms with Crippen LogP contribution in [0.1, 0.15) is 17.4 Å². The Bertz CT molecular complexity index is 640. The van der Waals surface area contributed by atoms with Crippen molar-refractivity contribution in [2.75, 3.05) is 7.05 Å². The van der Waals surface area contributed by atoms with Gasteiger partial charge in [0.05, 0.1) is 6.04 Å². The fraction of sp³-hybridized carbons (Fsp3) is 0.143. The Labute approximate surface area is 105 Å². The molecule has 0 fully saturated rings. The molecule has 1 unspecified atom stereocenters. The summed E-state index contributed by atoms with van der Waals surface area (Å²) in [6.07, 6.45) is 7.37. The minimum absolute atomic E-state index is 0.0265. The lowest BCUT2D eigenvalue weighted by molar-refractivity contribution is 0.657. The van der Waals surface area contributed by atoms with E-state index in [-0.39, 0.29) is 6.04 Å². The van der Waals surface area contributed by atoms with Crippen molar-refractivity contribution in [1.82, 2.24) is 20.3 Å². The molecule has 0 radical (unpaired) electrons. The average molecular weight is 238 g/mol. The standard InChI is InChI=1S/C14H14N4/c1-15-13(14-17-6-7-18-14)12-9-16-8-10-4-2-3-5-11(10)12/h2-9,13,15H,1H3,(H,17,18). The number of hydrogen-bond acceptors (Lipinski definition) is 3. The first-order chi connectivity index (χ1) is 8.90. The van der Waals surface area contributed by atoms with Crippen molar-refractivity contribution >= 4 is 10.8 Å². The molecule has 90 valence electrons. The summed E-state index contributed by atoms with van der Waals surface area (Å²) in [7, 11) is 1.93. The van der Waals surface area contributed by atoms with Gasteiger partial charge in [0.15, 0.2) is 0 Å². The molecule has 0 saturated carbocycles. The molecule has 0 bridgehead atoms. The van der Waals surface area contributed by atoms with Crippen LogP contribution in [-0.4, -0.2) is 22.0 Å². The molecular weight excluding hydrogens is 224 g/mol. The molecule has 2 N–H and O–H groups in total. The number of pyridine rings is 1. The first kappa shape index (κ1) is 10.9. The summed E-state index contributed by atoms with van der Waals surface area (Å²) in [6, 6.07) is 8.27. The summed E-state index contributed by atoms with van der Waals surface area (Å²) in [5.74, 6) is 0.899. The van der Waals surface area contributed by atoms with E-state index in [9.17, 15) is 0 Å². The molecule has 1 atom stereocenters. The van der Waals surface area contributed by atoms with Crippen molar-refractivity contribution in [1.29, 1.82) is 0 Å². The maximum absolute atomic E-state index is 4.32. The van der Waals surface area contributed by atoms with Crippen LogP contribution in [0, 0.1) is 0 Å². The van der Waals surface area contributed by atoms with Gasteiger partial charge in [-0.05, 0) is 12.4 Å². The van der Waals surface area contributed by atoms with E-state index in [1.807, 2.05) is 37.8 Å². The van der Waals surface area contributed by atoms with Crippen molar-refractivity contribution in [3.63, 3.8) is 0 Å². The Hall–Kier alpha value is -2.20. The number of fused-ring (bicyclic) bond motifs is 1. The lowest BCUT2D eigenvalue weighted by Crippen LogP contribution is -2.19. The first-order valence-corrected chi connectivity index (χ1v) is 5.89. The van der Waals surface area contributed by atoms with Gasteiger partial charge in [0.2, 0.25) is 0 Å². The first-order valence-electron chi connectivity index (χ1n) is 5.89. The molecule has 0 aliphatic rings. The SMILES string of the molecule is CNC(c1ncc[nH]1)c1cncc2ccccc12. The number of nitrogens with one attached hydrogen (secondary N) is 2. The third-order valence-corrected chi connectivity index (χ3v) is 3.09. The van der Waals surface area contributed by atoms with E-state index in [0.29, 0.717) is 0 Å². The third-order valence-electron chi connectivity index (χ3n) is 3.09. The second kappa shape index (κ2) is 4.58. The molecule has 0 aliphatic carbocycles. The Balaban J connectivity index is 2.18. The van der Waals surface area contributed by atoms with Crippen molar-refractivity contribution in [2.45, 2.75) is 6.04 Å². The van der Waals surface area contributed by atoms with Gasteiger partial charge < -0.3 is 10.3 Å². The Morgan fingerprint density at radius 1 is 1.22 bits per heavy atom. The maximum Gasteiger partial charge on any atom is 0.127 e.